The lowest BCUT2D eigenvalue weighted by Gasteiger charge is -2.29. The molecule has 1 aliphatic rings. The number of pyridine rings is 2. The van der Waals surface area contributed by atoms with Crippen LogP contribution in [0.4, 0.5) is 5.82 Å². The highest BCUT2D eigenvalue weighted by Gasteiger charge is 2.32. The molecule has 2 heterocycles. The van der Waals surface area contributed by atoms with E-state index in [0.29, 0.717) is 29.9 Å². The maximum atomic E-state index is 12.3. The van der Waals surface area contributed by atoms with Crippen LogP contribution < -0.4 is 10.9 Å². The first kappa shape index (κ1) is 15.1. The number of rotatable bonds is 2. The zero-order chi connectivity index (χ0) is 16.6. The average Bonchev–Trinajstić information content (AvgIpc) is 2.46. The minimum atomic E-state index is -0.578. The maximum Gasteiger partial charge on any atom is 0.262 e. The largest absolute Gasteiger partial charge is 0.325 e. The summed E-state index contributed by atoms with van der Waals surface area (Å²) in [5, 5.41) is 2.56. The van der Waals surface area contributed by atoms with Gasteiger partial charge >= 0.3 is 0 Å². The van der Waals surface area contributed by atoms with Crippen molar-refractivity contribution in [3.8, 4) is 0 Å². The summed E-state index contributed by atoms with van der Waals surface area (Å²) in [5.74, 6) is -0.285. The van der Waals surface area contributed by atoms with Gasteiger partial charge in [0.1, 0.15) is 11.4 Å². The number of aromatic amines is 1. The number of amides is 1. The average molecular weight is 311 g/mol. The second kappa shape index (κ2) is 5.46. The Balaban J connectivity index is 1.96. The Morgan fingerprint density at radius 1 is 1.26 bits per heavy atom. The van der Waals surface area contributed by atoms with Crippen molar-refractivity contribution in [2.24, 2.45) is 5.41 Å². The fraction of sp³-hybridized carbons (Fsp3) is 0.294. The zero-order valence-electron chi connectivity index (χ0n) is 13.0. The number of nitrogens with one attached hydrogen (secondary N) is 2. The van der Waals surface area contributed by atoms with E-state index in [4.69, 9.17) is 0 Å². The lowest BCUT2D eigenvalue weighted by molar-refractivity contribution is 0.0910. The number of Topliss-reactive ketones (excluding diaryl/α,β-unsaturated/α-hetero) is 1. The highest BCUT2D eigenvalue weighted by molar-refractivity contribution is 6.06. The monoisotopic (exact) mass is 311 g/mol. The van der Waals surface area contributed by atoms with Gasteiger partial charge in [-0.15, -0.1) is 0 Å². The highest BCUT2D eigenvalue weighted by atomic mass is 16.2. The number of hydrogen-bond donors (Lipinski definition) is 2. The lowest BCUT2D eigenvalue weighted by Crippen LogP contribution is -2.32. The molecule has 2 N–H and O–H groups in total. The van der Waals surface area contributed by atoms with Crippen molar-refractivity contribution in [3.63, 3.8) is 0 Å². The quantitative estimate of drug-likeness (QED) is 0.889. The zero-order valence-corrected chi connectivity index (χ0v) is 13.0. The number of H-pyrrole nitrogens is 1. The third kappa shape index (κ3) is 3.06. The molecule has 0 saturated carbocycles. The molecule has 0 fully saturated rings. The Kier molecular flexibility index (Phi) is 3.60. The van der Waals surface area contributed by atoms with Gasteiger partial charge in [-0.3, -0.25) is 14.4 Å². The number of nitrogens with zero attached hydrogens (tertiary/aromatic N) is 1. The summed E-state index contributed by atoms with van der Waals surface area (Å²) in [6.07, 6.45) is 2.54. The lowest BCUT2D eigenvalue weighted by atomic mass is 9.75. The summed E-state index contributed by atoms with van der Waals surface area (Å²) < 4.78 is 0. The molecule has 118 valence electrons. The topological polar surface area (TPSA) is 91.9 Å². The van der Waals surface area contributed by atoms with E-state index >= 15 is 0 Å². The summed E-state index contributed by atoms with van der Waals surface area (Å²) >= 11 is 0. The van der Waals surface area contributed by atoms with E-state index in [1.807, 2.05) is 13.8 Å². The highest BCUT2D eigenvalue weighted by Crippen LogP contribution is 2.33. The van der Waals surface area contributed by atoms with Gasteiger partial charge in [0, 0.05) is 23.9 Å². The maximum absolute atomic E-state index is 12.3. The third-order valence-corrected chi connectivity index (χ3v) is 3.87. The molecule has 0 radical (unpaired) electrons. The number of anilines is 1. The van der Waals surface area contributed by atoms with Crippen LogP contribution in [-0.4, -0.2) is 21.7 Å². The minimum Gasteiger partial charge on any atom is -0.325 e. The van der Waals surface area contributed by atoms with E-state index in [1.165, 1.54) is 12.3 Å². The summed E-state index contributed by atoms with van der Waals surface area (Å²) in [5.41, 5.74) is 0.260. The van der Waals surface area contributed by atoms with Crippen LogP contribution in [0.25, 0.3) is 0 Å². The Hall–Kier alpha value is -2.76. The van der Waals surface area contributed by atoms with Crippen LogP contribution in [0.5, 0.6) is 0 Å². The van der Waals surface area contributed by atoms with Gasteiger partial charge < -0.3 is 10.3 Å². The van der Waals surface area contributed by atoms with Gasteiger partial charge in [0.15, 0.2) is 5.78 Å². The van der Waals surface area contributed by atoms with Gasteiger partial charge in [-0.25, -0.2) is 4.98 Å². The first-order valence-electron chi connectivity index (χ1n) is 7.37. The van der Waals surface area contributed by atoms with Crippen molar-refractivity contribution in [1.82, 2.24) is 9.97 Å². The van der Waals surface area contributed by atoms with Gasteiger partial charge in [0.25, 0.3) is 11.5 Å². The van der Waals surface area contributed by atoms with E-state index in [2.05, 4.69) is 15.3 Å². The van der Waals surface area contributed by atoms with Gasteiger partial charge in [-0.05, 0) is 30.0 Å². The Morgan fingerprint density at radius 2 is 2.04 bits per heavy atom. The number of carbonyl (C=O) groups excluding carboxylic acids is 2. The number of hydrogen-bond acceptors (Lipinski definition) is 4. The van der Waals surface area contributed by atoms with Crippen molar-refractivity contribution in [3.05, 3.63) is 57.6 Å². The molecule has 0 aliphatic heterocycles. The molecular weight excluding hydrogens is 294 g/mol. The van der Waals surface area contributed by atoms with Crippen molar-refractivity contribution in [1.29, 1.82) is 0 Å². The van der Waals surface area contributed by atoms with E-state index < -0.39 is 11.5 Å². The molecular formula is C17H17N3O3. The van der Waals surface area contributed by atoms with Crippen LogP contribution in [0.2, 0.25) is 0 Å². The van der Waals surface area contributed by atoms with Gasteiger partial charge in [0.2, 0.25) is 0 Å². The van der Waals surface area contributed by atoms with Crippen LogP contribution >= 0.6 is 0 Å². The predicted octanol–water partition coefficient (Wildman–Crippen LogP) is 2.18. The third-order valence-electron chi connectivity index (χ3n) is 3.87. The molecule has 0 saturated heterocycles. The standard InChI is InChI=1S/C17H17N3O3/c1-17(2)8-12-10(13(21)9-17)7-11(15(22)19-12)16(23)20-14-5-3-4-6-18-14/h3-7H,8-9H2,1-2H3,(H,19,22)(H,18,20,23). The number of aromatic nitrogens is 2. The molecule has 3 rings (SSSR count). The van der Waals surface area contributed by atoms with Gasteiger partial charge in [-0.2, -0.15) is 0 Å². The molecule has 2 aromatic rings. The fourth-order valence-electron chi connectivity index (χ4n) is 2.82. The van der Waals surface area contributed by atoms with E-state index in [9.17, 15) is 14.4 Å². The Morgan fingerprint density at radius 3 is 2.74 bits per heavy atom. The van der Waals surface area contributed by atoms with Crippen LogP contribution in [0.3, 0.4) is 0 Å². The molecule has 6 nitrogen and oxygen atoms in total. The Labute approximate surface area is 133 Å². The van der Waals surface area contributed by atoms with E-state index in [1.54, 1.807) is 18.2 Å². The minimum absolute atomic E-state index is 0.0561. The molecule has 0 aromatic carbocycles. The molecule has 0 bridgehead atoms. The van der Waals surface area contributed by atoms with Crippen LogP contribution in [0.1, 0.15) is 46.7 Å². The number of fused-ring (bicyclic) bond motifs is 1. The SMILES string of the molecule is CC1(C)CC(=O)c2cc(C(=O)Nc3ccccn3)c(=O)[nH]c2C1. The van der Waals surface area contributed by atoms with Crippen LogP contribution in [0, 0.1) is 5.41 Å². The van der Waals surface area contributed by atoms with Crippen molar-refractivity contribution in [2.75, 3.05) is 5.32 Å². The Bertz CT molecular complexity index is 838. The first-order chi connectivity index (χ1) is 10.9. The molecule has 6 heteroatoms. The fourth-order valence-corrected chi connectivity index (χ4v) is 2.82. The van der Waals surface area contributed by atoms with Crippen molar-refractivity contribution < 1.29 is 9.59 Å². The van der Waals surface area contributed by atoms with Crippen molar-refractivity contribution in [2.45, 2.75) is 26.7 Å². The molecule has 2 aromatic heterocycles. The second-order valence-electron chi connectivity index (χ2n) is 6.51. The number of ketones is 1. The van der Waals surface area contributed by atoms with Gasteiger partial charge in [-0.1, -0.05) is 19.9 Å². The summed E-state index contributed by atoms with van der Waals surface area (Å²) in [6, 6.07) is 6.47. The molecule has 0 unspecified atom stereocenters. The van der Waals surface area contributed by atoms with E-state index in [-0.39, 0.29) is 16.8 Å². The summed E-state index contributed by atoms with van der Waals surface area (Å²) in [4.78, 5) is 43.4. The molecule has 1 aliphatic carbocycles. The predicted molar refractivity (Wildman–Crippen MR) is 85.7 cm³/mol. The molecule has 23 heavy (non-hydrogen) atoms. The summed E-state index contributed by atoms with van der Waals surface area (Å²) in [6.45, 7) is 3.96. The van der Waals surface area contributed by atoms with Crippen LogP contribution in [-0.2, 0) is 6.42 Å². The molecule has 0 spiro atoms. The van der Waals surface area contributed by atoms with Crippen LogP contribution in [0.15, 0.2) is 35.3 Å². The second-order valence-corrected chi connectivity index (χ2v) is 6.51. The van der Waals surface area contributed by atoms with Gasteiger partial charge in [0.05, 0.1) is 0 Å². The normalized spacial score (nSPS) is 15.8. The summed E-state index contributed by atoms with van der Waals surface area (Å²) in [7, 11) is 0. The smallest absolute Gasteiger partial charge is 0.262 e. The van der Waals surface area contributed by atoms with Crippen molar-refractivity contribution >= 4 is 17.5 Å². The first-order valence-corrected chi connectivity index (χ1v) is 7.37. The molecule has 1 amide bonds. The molecule has 0 atom stereocenters. The van der Waals surface area contributed by atoms with E-state index in [0.717, 1.165) is 0 Å². The number of carbonyl (C=O) groups is 2.